The van der Waals surface area contributed by atoms with Crippen LogP contribution in [0, 0.1) is 11.3 Å². The molecule has 0 unspecified atom stereocenters. The summed E-state index contributed by atoms with van der Waals surface area (Å²) in [5.74, 6) is -1.99. The van der Waals surface area contributed by atoms with Crippen LogP contribution in [0.3, 0.4) is 0 Å². The van der Waals surface area contributed by atoms with Crippen molar-refractivity contribution < 1.29 is 33.4 Å². The van der Waals surface area contributed by atoms with Gasteiger partial charge in [0.05, 0.1) is 7.11 Å². The van der Waals surface area contributed by atoms with Gasteiger partial charge >= 0.3 is 17.9 Å². The third-order valence-electron chi connectivity index (χ3n) is 7.93. The summed E-state index contributed by atoms with van der Waals surface area (Å²) < 4.78 is 17.0. The molecule has 2 fully saturated rings. The third kappa shape index (κ3) is 4.58. The minimum Gasteiger partial charge on any atom is -0.466 e. The highest BCUT2D eigenvalue weighted by atomic mass is 16.6. The van der Waals surface area contributed by atoms with E-state index in [-0.39, 0.29) is 18.2 Å². The van der Waals surface area contributed by atoms with Crippen LogP contribution in [-0.2, 0) is 33.4 Å². The molecule has 196 valence electrons. The van der Waals surface area contributed by atoms with Crippen LogP contribution < -0.4 is 5.32 Å². The monoisotopic (exact) mass is 508 g/mol. The third-order valence-corrected chi connectivity index (χ3v) is 7.93. The zero-order valence-corrected chi connectivity index (χ0v) is 21.5. The Morgan fingerprint density at radius 1 is 1.19 bits per heavy atom. The van der Waals surface area contributed by atoms with Crippen molar-refractivity contribution in [1.29, 1.82) is 0 Å². The maximum atomic E-state index is 13.6. The van der Waals surface area contributed by atoms with Gasteiger partial charge in [-0.25, -0.2) is 4.79 Å². The fourth-order valence-corrected chi connectivity index (χ4v) is 6.12. The van der Waals surface area contributed by atoms with Crippen LogP contribution in [0.1, 0.15) is 52.9 Å². The molecular formula is C28H32N2O7. The lowest BCUT2D eigenvalue weighted by atomic mass is 9.62. The van der Waals surface area contributed by atoms with E-state index in [0.29, 0.717) is 42.5 Å². The van der Waals surface area contributed by atoms with Crippen LogP contribution in [0.25, 0.3) is 0 Å². The van der Waals surface area contributed by atoms with Crippen molar-refractivity contribution in [1.82, 2.24) is 4.98 Å². The molecule has 1 N–H and O–H groups in total. The first-order valence-electron chi connectivity index (χ1n) is 12.3. The second-order valence-corrected chi connectivity index (χ2v) is 10.1. The van der Waals surface area contributed by atoms with Crippen molar-refractivity contribution in [3.05, 3.63) is 60.0 Å². The zero-order chi connectivity index (χ0) is 26.8. The van der Waals surface area contributed by atoms with Crippen molar-refractivity contribution in [3.8, 4) is 0 Å². The molecule has 0 radical (unpaired) electrons. The van der Waals surface area contributed by atoms with E-state index >= 15 is 0 Å². The van der Waals surface area contributed by atoms with Crippen molar-refractivity contribution in [2.24, 2.45) is 11.3 Å². The number of pyridine rings is 1. The van der Waals surface area contributed by atoms with Gasteiger partial charge in [0, 0.05) is 42.1 Å². The molecule has 3 aliphatic rings. The molecule has 1 saturated heterocycles. The van der Waals surface area contributed by atoms with Crippen LogP contribution in [0.4, 0.5) is 5.69 Å². The molecule has 9 heteroatoms. The predicted molar refractivity (Wildman–Crippen MR) is 134 cm³/mol. The average Bonchev–Trinajstić information content (AvgIpc) is 3.01. The lowest BCUT2D eigenvalue weighted by Gasteiger charge is -2.54. The second-order valence-electron chi connectivity index (χ2n) is 10.1. The number of cyclic esters (lactones) is 1. The molecular weight excluding hydrogens is 476 g/mol. The minimum absolute atomic E-state index is 0.230. The molecule has 2 heterocycles. The summed E-state index contributed by atoms with van der Waals surface area (Å²) in [6.45, 7) is 4.82. The van der Waals surface area contributed by atoms with E-state index in [4.69, 9.17) is 14.2 Å². The lowest BCUT2D eigenvalue weighted by molar-refractivity contribution is -0.235. The van der Waals surface area contributed by atoms with E-state index in [9.17, 15) is 19.2 Å². The largest absolute Gasteiger partial charge is 0.466 e. The van der Waals surface area contributed by atoms with E-state index < -0.39 is 34.5 Å². The predicted octanol–water partition coefficient (Wildman–Crippen LogP) is 3.82. The number of esters is 3. The summed E-state index contributed by atoms with van der Waals surface area (Å²) in [6.07, 6.45) is 11.9. The quantitative estimate of drug-likeness (QED) is 0.266. The number of aromatic nitrogens is 1. The number of allylic oxidation sites excluding steroid dienone is 3. The maximum Gasteiger partial charge on any atom is 0.333 e. The Balaban J connectivity index is 1.63. The zero-order valence-electron chi connectivity index (χ0n) is 21.5. The van der Waals surface area contributed by atoms with Gasteiger partial charge in [-0.2, -0.15) is 0 Å². The smallest absolute Gasteiger partial charge is 0.333 e. The number of methoxy groups -OCH3 is 1. The van der Waals surface area contributed by atoms with Crippen molar-refractivity contribution in [3.63, 3.8) is 0 Å². The second kappa shape index (κ2) is 9.95. The number of amides is 1. The molecule has 1 amide bonds. The van der Waals surface area contributed by atoms with E-state index in [0.717, 1.165) is 0 Å². The molecule has 37 heavy (non-hydrogen) atoms. The van der Waals surface area contributed by atoms with Crippen LogP contribution in [0.15, 0.2) is 60.0 Å². The summed E-state index contributed by atoms with van der Waals surface area (Å²) in [6, 6.07) is 3.38. The molecule has 0 spiro atoms. The molecule has 2 bridgehead atoms. The molecule has 9 nitrogen and oxygen atoms in total. The highest BCUT2D eigenvalue weighted by molar-refractivity contribution is 6.03. The van der Waals surface area contributed by atoms with Gasteiger partial charge in [-0.1, -0.05) is 18.2 Å². The molecule has 1 aromatic rings. The minimum atomic E-state index is -1.13. The highest BCUT2D eigenvalue weighted by Crippen LogP contribution is 2.65. The first kappa shape index (κ1) is 26.3. The first-order chi connectivity index (χ1) is 17.6. The van der Waals surface area contributed by atoms with Crippen LogP contribution >= 0.6 is 0 Å². The van der Waals surface area contributed by atoms with Gasteiger partial charge in [0.25, 0.3) is 5.91 Å². The summed E-state index contributed by atoms with van der Waals surface area (Å²) in [5.41, 5.74) is -1.73. The Morgan fingerprint density at radius 2 is 1.92 bits per heavy atom. The van der Waals surface area contributed by atoms with E-state index in [1.807, 2.05) is 0 Å². The Morgan fingerprint density at radius 3 is 2.59 bits per heavy atom. The van der Waals surface area contributed by atoms with Crippen LogP contribution in [-0.4, -0.2) is 47.1 Å². The number of anilines is 1. The average molecular weight is 509 g/mol. The number of carbonyl (C=O) groups is 4. The van der Waals surface area contributed by atoms with E-state index in [1.165, 1.54) is 14.0 Å². The van der Waals surface area contributed by atoms with Crippen LogP contribution in [0.2, 0.25) is 0 Å². The normalized spacial score (nSPS) is 31.0. The number of ether oxygens (including phenoxy) is 3. The van der Waals surface area contributed by atoms with Gasteiger partial charge in [0.2, 0.25) is 0 Å². The van der Waals surface area contributed by atoms with Gasteiger partial charge in [0.15, 0.2) is 0 Å². The van der Waals surface area contributed by atoms with Gasteiger partial charge in [-0.05, 0) is 64.2 Å². The van der Waals surface area contributed by atoms with Crippen LogP contribution in [0.5, 0.6) is 0 Å². The fourth-order valence-electron chi connectivity index (χ4n) is 6.12. The van der Waals surface area contributed by atoms with Gasteiger partial charge in [-0.15, -0.1) is 0 Å². The summed E-state index contributed by atoms with van der Waals surface area (Å²) in [4.78, 5) is 54.7. The topological polar surface area (TPSA) is 121 Å². The van der Waals surface area contributed by atoms with Gasteiger partial charge in [-0.3, -0.25) is 19.4 Å². The molecule has 1 saturated carbocycles. The fraction of sp³-hybridized carbons (Fsp3) is 0.464. The molecule has 1 aliphatic heterocycles. The Hall–Kier alpha value is -3.75. The Labute approximate surface area is 215 Å². The lowest BCUT2D eigenvalue weighted by Crippen LogP contribution is -2.65. The summed E-state index contributed by atoms with van der Waals surface area (Å²) in [7, 11) is 1.32. The van der Waals surface area contributed by atoms with Gasteiger partial charge < -0.3 is 19.5 Å². The van der Waals surface area contributed by atoms with E-state index in [1.54, 1.807) is 62.7 Å². The van der Waals surface area contributed by atoms with Crippen molar-refractivity contribution in [2.75, 3.05) is 12.4 Å². The van der Waals surface area contributed by atoms with Crippen molar-refractivity contribution in [2.45, 2.75) is 64.1 Å². The molecule has 4 atom stereocenters. The Bertz CT molecular complexity index is 1200. The number of hydrogen-bond acceptors (Lipinski definition) is 8. The number of rotatable bonds is 6. The number of nitrogens with one attached hydrogen (secondary N) is 1. The SMILES string of the molecule is COC(=O)C1=CC[C@@]23CC[C@@H]([C@@](C)(/C=C/C=C(\C)C(=O)Nc4ccncc4)OC2=O)[C@@]3(OC(C)=O)CC1. The number of carbonyl (C=O) groups excluding carboxylic acids is 4. The van der Waals surface area contributed by atoms with Crippen molar-refractivity contribution >= 4 is 29.5 Å². The standard InChI is InChI=1S/C28H32N2O7/c1-18(23(32)30-21-10-16-29-17-11-21)6-5-12-26(3)22-9-14-27(25(34)37-26)13-7-20(24(33)35-4)8-15-28(22,27)36-19(2)31/h5-7,10-12,16-17,22H,8-9,13-15H2,1-4H3,(H,29,30,32)/b12-5+,18-6+/t22-,26+,27+,28-/m0/s1. The van der Waals surface area contributed by atoms with E-state index in [2.05, 4.69) is 10.3 Å². The maximum absolute atomic E-state index is 13.6. The summed E-state index contributed by atoms with van der Waals surface area (Å²) in [5, 5.41) is 2.79. The summed E-state index contributed by atoms with van der Waals surface area (Å²) >= 11 is 0. The molecule has 4 rings (SSSR count). The molecule has 0 aromatic carbocycles. The number of hydrogen-bond donors (Lipinski definition) is 1. The first-order valence-corrected chi connectivity index (χ1v) is 12.3. The Kier molecular flexibility index (Phi) is 7.08. The number of nitrogens with zero attached hydrogens (tertiary/aromatic N) is 1. The molecule has 1 aromatic heterocycles. The highest BCUT2D eigenvalue weighted by Gasteiger charge is 2.74. The molecule has 2 aliphatic carbocycles. The van der Waals surface area contributed by atoms with Gasteiger partial charge in [0.1, 0.15) is 16.6 Å².